The molecule has 0 saturated heterocycles. The molecule has 0 aliphatic carbocycles. The van der Waals surface area contributed by atoms with Gasteiger partial charge in [-0.05, 0) is 25.1 Å². The molecule has 0 amide bonds. The maximum Gasteiger partial charge on any atom is 0.172 e. The molecule has 0 spiro atoms. The topological polar surface area (TPSA) is 63.0 Å². The SMILES string of the molecule is C=Cc1oc(-c2csc(-c3ccco3)n2)c(C#N)c1/C=C\C. The number of furan rings is 2. The first-order chi connectivity index (χ1) is 10.8. The van der Waals surface area contributed by atoms with Gasteiger partial charge >= 0.3 is 0 Å². The van der Waals surface area contributed by atoms with Crippen LogP contribution in [0.2, 0.25) is 0 Å². The number of rotatable bonds is 4. The smallest absolute Gasteiger partial charge is 0.172 e. The van der Waals surface area contributed by atoms with Crippen LogP contribution in [-0.2, 0) is 0 Å². The fourth-order valence-electron chi connectivity index (χ4n) is 2.13. The van der Waals surface area contributed by atoms with Crippen molar-refractivity contribution in [2.24, 2.45) is 0 Å². The normalized spacial score (nSPS) is 10.9. The standard InChI is InChI=1S/C17H12N2O2S/c1-3-6-11-12(9-18)16(21-14(11)4-2)13-10-22-17(19-13)15-7-5-8-20-15/h3-8,10H,2H2,1H3/b6-3-. The van der Waals surface area contributed by atoms with Crippen molar-refractivity contribution < 1.29 is 8.83 Å². The number of thiazole rings is 1. The minimum Gasteiger partial charge on any atom is -0.462 e. The van der Waals surface area contributed by atoms with Gasteiger partial charge in [0.1, 0.15) is 23.1 Å². The van der Waals surface area contributed by atoms with Gasteiger partial charge in [-0.15, -0.1) is 11.3 Å². The van der Waals surface area contributed by atoms with Gasteiger partial charge < -0.3 is 8.83 Å². The molecule has 22 heavy (non-hydrogen) atoms. The predicted molar refractivity (Wildman–Crippen MR) is 87.0 cm³/mol. The molecule has 0 aromatic carbocycles. The van der Waals surface area contributed by atoms with E-state index in [9.17, 15) is 5.26 Å². The third-order valence-corrected chi connectivity index (χ3v) is 3.93. The van der Waals surface area contributed by atoms with Gasteiger partial charge in [0, 0.05) is 10.9 Å². The Morgan fingerprint density at radius 2 is 2.32 bits per heavy atom. The summed E-state index contributed by atoms with van der Waals surface area (Å²) < 4.78 is 11.1. The maximum absolute atomic E-state index is 9.47. The molecule has 5 heteroatoms. The Labute approximate surface area is 131 Å². The summed E-state index contributed by atoms with van der Waals surface area (Å²) in [5, 5.41) is 12.1. The summed E-state index contributed by atoms with van der Waals surface area (Å²) in [6.07, 6.45) is 6.89. The molecular weight excluding hydrogens is 296 g/mol. The lowest BCUT2D eigenvalue weighted by atomic mass is 10.1. The Bertz CT molecular complexity index is 877. The van der Waals surface area contributed by atoms with Gasteiger partial charge in [-0.25, -0.2) is 4.98 Å². The molecule has 0 unspecified atom stereocenters. The number of allylic oxidation sites excluding steroid dienone is 1. The van der Waals surface area contributed by atoms with Crippen molar-refractivity contribution in [2.75, 3.05) is 0 Å². The van der Waals surface area contributed by atoms with Gasteiger partial charge in [0.2, 0.25) is 0 Å². The summed E-state index contributed by atoms with van der Waals surface area (Å²) >= 11 is 1.44. The van der Waals surface area contributed by atoms with E-state index < -0.39 is 0 Å². The molecule has 0 atom stereocenters. The third-order valence-electron chi connectivity index (χ3n) is 3.07. The van der Waals surface area contributed by atoms with Crippen LogP contribution < -0.4 is 0 Å². The molecule has 0 radical (unpaired) electrons. The van der Waals surface area contributed by atoms with Crippen LogP contribution in [0.4, 0.5) is 0 Å². The van der Waals surface area contributed by atoms with Gasteiger partial charge in [-0.2, -0.15) is 5.26 Å². The van der Waals surface area contributed by atoms with E-state index in [-0.39, 0.29) is 0 Å². The van der Waals surface area contributed by atoms with Crippen molar-refractivity contribution in [2.45, 2.75) is 6.92 Å². The van der Waals surface area contributed by atoms with Crippen LogP contribution in [0.15, 0.2) is 45.3 Å². The molecule has 108 valence electrons. The van der Waals surface area contributed by atoms with Gasteiger partial charge in [0.25, 0.3) is 0 Å². The second-order valence-electron chi connectivity index (χ2n) is 4.42. The zero-order chi connectivity index (χ0) is 15.5. The number of hydrogen-bond donors (Lipinski definition) is 0. The number of nitriles is 1. The highest BCUT2D eigenvalue weighted by Crippen LogP contribution is 2.35. The Morgan fingerprint density at radius 3 is 2.95 bits per heavy atom. The molecule has 3 aromatic heterocycles. The van der Waals surface area contributed by atoms with Gasteiger partial charge in [0.15, 0.2) is 16.5 Å². The van der Waals surface area contributed by atoms with Gasteiger partial charge in [-0.3, -0.25) is 0 Å². The molecule has 0 fully saturated rings. The van der Waals surface area contributed by atoms with Crippen LogP contribution >= 0.6 is 11.3 Å². The van der Waals surface area contributed by atoms with Crippen LogP contribution in [0.25, 0.3) is 34.4 Å². The van der Waals surface area contributed by atoms with Gasteiger partial charge in [-0.1, -0.05) is 18.7 Å². The van der Waals surface area contributed by atoms with E-state index in [0.717, 1.165) is 10.6 Å². The zero-order valence-electron chi connectivity index (χ0n) is 11.9. The van der Waals surface area contributed by atoms with E-state index in [4.69, 9.17) is 8.83 Å². The average Bonchev–Trinajstić information content (AvgIpc) is 3.26. The molecular formula is C17H12N2O2S. The molecule has 0 aliphatic rings. The van der Waals surface area contributed by atoms with Crippen LogP contribution in [0.5, 0.6) is 0 Å². The molecule has 3 heterocycles. The molecule has 0 saturated carbocycles. The highest BCUT2D eigenvalue weighted by molar-refractivity contribution is 7.13. The fourth-order valence-corrected chi connectivity index (χ4v) is 2.89. The zero-order valence-corrected chi connectivity index (χ0v) is 12.7. The second-order valence-corrected chi connectivity index (χ2v) is 5.27. The van der Waals surface area contributed by atoms with E-state index in [1.54, 1.807) is 12.3 Å². The Kier molecular flexibility index (Phi) is 3.77. The van der Waals surface area contributed by atoms with Crippen LogP contribution in [0.1, 0.15) is 23.8 Å². The second kappa shape index (κ2) is 5.88. The Morgan fingerprint density at radius 1 is 1.45 bits per heavy atom. The molecule has 0 bridgehead atoms. The molecule has 3 rings (SSSR count). The molecule has 0 N–H and O–H groups in total. The lowest BCUT2D eigenvalue weighted by molar-refractivity contribution is 0.568. The van der Waals surface area contributed by atoms with E-state index in [2.05, 4.69) is 17.6 Å². The number of aromatic nitrogens is 1. The highest BCUT2D eigenvalue weighted by atomic mass is 32.1. The van der Waals surface area contributed by atoms with Crippen molar-refractivity contribution >= 4 is 23.5 Å². The monoisotopic (exact) mass is 308 g/mol. The average molecular weight is 308 g/mol. The largest absolute Gasteiger partial charge is 0.462 e. The lowest BCUT2D eigenvalue weighted by Gasteiger charge is -1.91. The Balaban J connectivity index is 2.13. The quantitative estimate of drug-likeness (QED) is 0.663. The lowest BCUT2D eigenvalue weighted by Crippen LogP contribution is -1.82. The summed E-state index contributed by atoms with van der Waals surface area (Å²) in [4.78, 5) is 4.50. The van der Waals surface area contributed by atoms with Crippen molar-refractivity contribution in [1.29, 1.82) is 5.26 Å². The Hall–Kier alpha value is -2.84. The first kappa shape index (κ1) is 14.1. The highest BCUT2D eigenvalue weighted by Gasteiger charge is 2.21. The van der Waals surface area contributed by atoms with E-state index in [1.165, 1.54) is 11.3 Å². The summed E-state index contributed by atoms with van der Waals surface area (Å²) in [5.74, 6) is 1.72. The molecule has 3 aromatic rings. The number of hydrogen-bond acceptors (Lipinski definition) is 5. The summed E-state index contributed by atoms with van der Waals surface area (Å²) in [7, 11) is 0. The van der Waals surface area contributed by atoms with Crippen molar-refractivity contribution in [1.82, 2.24) is 4.98 Å². The molecule has 4 nitrogen and oxygen atoms in total. The van der Waals surface area contributed by atoms with Crippen LogP contribution in [-0.4, -0.2) is 4.98 Å². The van der Waals surface area contributed by atoms with Crippen LogP contribution in [0, 0.1) is 11.3 Å². The van der Waals surface area contributed by atoms with E-state index >= 15 is 0 Å². The predicted octanol–water partition coefficient (Wildman–Crippen LogP) is 5.21. The van der Waals surface area contributed by atoms with Crippen molar-refractivity contribution in [3.63, 3.8) is 0 Å². The third kappa shape index (κ3) is 2.30. The van der Waals surface area contributed by atoms with E-state index in [1.807, 2.05) is 36.6 Å². The van der Waals surface area contributed by atoms with Crippen molar-refractivity contribution in [3.05, 3.63) is 53.3 Å². The maximum atomic E-state index is 9.47. The van der Waals surface area contributed by atoms with Crippen molar-refractivity contribution in [3.8, 4) is 28.3 Å². The first-order valence-electron chi connectivity index (χ1n) is 6.60. The number of nitrogens with zero attached hydrogens (tertiary/aromatic N) is 2. The first-order valence-corrected chi connectivity index (χ1v) is 7.48. The molecule has 0 aliphatic heterocycles. The minimum absolute atomic E-state index is 0.458. The minimum atomic E-state index is 0.458. The van der Waals surface area contributed by atoms with Crippen LogP contribution in [0.3, 0.4) is 0 Å². The summed E-state index contributed by atoms with van der Waals surface area (Å²) in [6, 6.07) is 5.85. The summed E-state index contributed by atoms with van der Waals surface area (Å²) in [5.41, 5.74) is 1.80. The fraction of sp³-hybridized carbons (Fsp3) is 0.0588. The van der Waals surface area contributed by atoms with Gasteiger partial charge in [0.05, 0.1) is 6.26 Å². The van der Waals surface area contributed by atoms with E-state index in [0.29, 0.717) is 28.5 Å². The summed E-state index contributed by atoms with van der Waals surface area (Å²) in [6.45, 7) is 5.62.